The molecule has 5 N–H and O–H groups in total. The Balaban J connectivity index is 2.15. The standard InChI is InChI=1S/C17H24O9/c1-24-17(16(23)25-9-10-5-3-2-4-6-10)7-11(19)13(21)15(26-17)14(22)12(20)8-18/h2-6,11-15,18-22H,7-9H2,1H3/t11-,12-,13-,14-,15+,17+/m1/s1. The van der Waals surface area contributed by atoms with Crippen LogP contribution in [0.5, 0.6) is 0 Å². The molecule has 1 aliphatic rings. The van der Waals surface area contributed by atoms with Crippen molar-refractivity contribution >= 4 is 5.97 Å². The molecule has 2 rings (SSSR count). The van der Waals surface area contributed by atoms with Gasteiger partial charge in [0.2, 0.25) is 0 Å². The average Bonchev–Trinajstić information content (AvgIpc) is 2.67. The molecule has 1 saturated heterocycles. The summed E-state index contributed by atoms with van der Waals surface area (Å²) in [5, 5.41) is 48.7. The Hall–Kier alpha value is -1.59. The fourth-order valence-electron chi connectivity index (χ4n) is 2.73. The number of aliphatic hydroxyl groups is 5. The molecule has 1 aromatic carbocycles. The number of benzene rings is 1. The zero-order valence-corrected chi connectivity index (χ0v) is 14.3. The first-order valence-electron chi connectivity index (χ1n) is 8.12. The van der Waals surface area contributed by atoms with E-state index in [1.807, 2.05) is 6.07 Å². The summed E-state index contributed by atoms with van der Waals surface area (Å²) in [7, 11) is 1.15. The molecule has 1 aromatic rings. The number of aliphatic hydroxyl groups excluding tert-OH is 5. The smallest absolute Gasteiger partial charge is 0.367 e. The van der Waals surface area contributed by atoms with Gasteiger partial charge in [-0.25, -0.2) is 4.79 Å². The van der Waals surface area contributed by atoms with Gasteiger partial charge in [0.15, 0.2) is 0 Å². The van der Waals surface area contributed by atoms with Crippen LogP contribution in [0, 0.1) is 0 Å². The van der Waals surface area contributed by atoms with Crippen LogP contribution in [0.3, 0.4) is 0 Å². The van der Waals surface area contributed by atoms with Crippen LogP contribution in [0.4, 0.5) is 0 Å². The number of methoxy groups -OCH3 is 1. The zero-order valence-electron chi connectivity index (χ0n) is 14.3. The van der Waals surface area contributed by atoms with Gasteiger partial charge in [0.1, 0.15) is 31.0 Å². The minimum atomic E-state index is -2.08. The van der Waals surface area contributed by atoms with Gasteiger partial charge in [0, 0.05) is 13.5 Å². The van der Waals surface area contributed by atoms with Crippen LogP contribution in [0.25, 0.3) is 0 Å². The molecule has 0 spiro atoms. The van der Waals surface area contributed by atoms with Gasteiger partial charge in [-0.2, -0.15) is 0 Å². The second-order valence-corrected chi connectivity index (χ2v) is 6.10. The van der Waals surface area contributed by atoms with E-state index >= 15 is 0 Å². The molecule has 0 unspecified atom stereocenters. The molecule has 9 nitrogen and oxygen atoms in total. The fourth-order valence-corrected chi connectivity index (χ4v) is 2.73. The number of hydrogen-bond donors (Lipinski definition) is 5. The van der Waals surface area contributed by atoms with Crippen molar-refractivity contribution in [3.8, 4) is 0 Å². The van der Waals surface area contributed by atoms with E-state index in [1.165, 1.54) is 0 Å². The number of ether oxygens (including phenoxy) is 3. The third kappa shape index (κ3) is 4.38. The van der Waals surface area contributed by atoms with Crippen LogP contribution >= 0.6 is 0 Å². The molecule has 1 heterocycles. The van der Waals surface area contributed by atoms with E-state index in [4.69, 9.17) is 19.3 Å². The molecule has 146 valence electrons. The molecule has 6 atom stereocenters. The molecule has 1 aliphatic heterocycles. The highest BCUT2D eigenvalue weighted by atomic mass is 16.7. The van der Waals surface area contributed by atoms with Gasteiger partial charge in [-0.3, -0.25) is 0 Å². The lowest BCUT2D eigenvalue weighted by atomic mass is 9.91. The average molecular weight is 372 g/mol. The zero-order chi connectivity index (χ0) is 19.3. The monoisotopic (exact) mass is 372 g/mol. The topological polar surface area (TPSA) is 146 Å². The maximum Gasteiger partial charge on any atom is 0.367 e. The van der Waals surface area contributed by atoms with E-state index in [1.54, 1.807) is 24.3 Å². The summed E-state index contributed by atoms with van der Waals surface area (Å²) in [4.78, 5) is 12.5. The molecule has 0 amide bonds. The Labute approximate surface area is 150 Å². The SMILES string of the molecule is CO[C@@]1(C(=O)OCc2ccccc2)C[C@@H](O)[C@@H](O)[C@@H]([C@H](O)[C@H](O)CO)O1. The molecule has 1 fully saturated rings. The van der Waals surface area contributed by atoms with Gasteiger partial charge in [0.05, 0.1) is 12.7 Å². The van der Waals surface area contributed by atoms with E-state index < -0.39 is 55.3 Å². The maximum absolute atomic E-state index is 12.5. The van der Waals surface area contributed by atoms with Gasteiger partial charge in [-0.15, -0.1) is 0 Å². The van der Waals surface area contributed by atoms with Crippen molar-refractivity contribution in [2.45, 2.75) is 49.3 Å². The molecule has 0 aliphatic carbocycles. The van der Waals surface area contributed by atoms with E-state index in [0.29, 0.717) is 0 Å². The summed E-state index contributed by atoms with van der Waals surface area (Å²) in [5.41, 5.74) is 0.718. The summed E-state index contributed by atoms with van der Waals surface area (Å²) in [5.74, 6) is -3.03. The molecular weight excluding hydrogens is 348 g/mol. The number of carbonyl (C=O) groups excluding carboxylic acids is 1. The lowest BCUT2D eigenvalue weighted by Gasteiger charge is -2.44. The van der Waals surface area contributed by atoms with Crippen molar-refractivity contribution in [3.05, 3.63) is 35.9 Å². The lowest BCUT2D eigenvalue weighted by Crippen LogP contribution is -2.64. The highest BCUT2D eigenvalue weighted by Gasteiger charge is 2.55. The number of esters is 1. The quantitative estimate of drug-likeness (QED) is 0.353. The van der Waals surface area contributed by atoms with Crippen LogP contribution in [0.1, 0.15) is 12.0 Å². The number of rotatable bonds is 7. The Morgan fingerprint density at radius 3 is 2.54 bits per heavy atom. The van der Waals surface area contributed by atoms with Crippen molar-refractivity contribution in [1.29, 1.82) is 0 Å². The third-order valence-electron chi connectivity index (χ3n) is 4.31. The third-order valence-corrected chi connectivity index (χ3v) is 4.31. The van der Waals surface area contributed by atoms with E-state index in [-0.39, 0.29) is 6.61 Å². The van der Waals surface area contributed by atoms with Crippen molar-refractivity contribution < 1.29 is 44.5 Å². The highest BCUT2D eigenvalue weighted by molar-refractivity contribution is 5.78. The highest BCUT2D eigenvalue weighted by Crippen LogP contribution is 2.33. The van der Waals surface area contributed by atoms with Gasteiger partial charge in [0.25, 0.3) is 5.79 Å². The molecule has 0 saturated carbocycles. The molecule has 0 aromatic heterocycles. The minimum absolute atomic E-state index is 0.0702. The predicted octanol–water partition coefficient (Wildman–Crippen LogP) is -1.70. The van der Waals surface area contributed by atoms with Crippen LogP contribution < -0.4 is 0 Å². The van der Waals surface area contributed by atoms with Crippen LogP contribution in [0.2, 0.25) is 0 Å². The van der Waals surface area contributed by atoms with E-state index in [9.17, 15) is 25.2 Å². The van der Waals surface area contributed by atoms with Gasteiger partial charge in [-0.05, 0) is 5.56 Å². The molecule has 9 heteroatoms. The fraction of sp³-hybridized carbons (Fsp3) is 0.588. The first-order valence-corrected chi connectivity index (χ1v) is 8.12. The predicted molar refractivity (Wildman–Crippen MR) is 86.6 cm³/mol. The largest absolute Gasteiger partial charge is 0.457 e. The van der Waals surface area contributed by atoms with E-state index in [0.717, 1.165) is 12.7 Å². The van der Waals surface area contributed by atoms with Gasteiger partial charge < -0.3 is 39.7 Å². The first-order chi connectivity index (χ1) is 12.3. The molecule has 26 heavy (non-hydrogen) atoms. The summed E-state index contributed by atoms with van der Waals surface area (Å²) in [6.07, 6.45) is -8.51. The number of hydrogen-bond acceptors (Lipinski definition) is 9. The van der Waals surface area contributed by atoms with Crippen molar-refractivity contribution in [1.82, 2.24) is 0 Å². The normalized spacial score (nSPS) is 31.2. The number of carbonyl (C=O) groups is 1. The molecule has 0 bridgehead atoms. The summed E-state index contributed by atoms with van der Waals surface area (Å²) >= 11 is 0. The van der Waals surface area contributed by atoms with Crippen LogP contribution in [-0.2, 0) is 25.6 Å². The Kier molecular flexibility index (Phi) is 7.07. The van der Waals surface area contributed by atoms with Crippen LogP contribution in [-0.4, -0.2) is 81.5 Å². The second kappa shape index (κ2) is 8.87. The lowest BCUT2D eigenvalue weighted by molar-refractivity contribution is -0.322. The Bertz CT molecular complexity index is 581. The Morgan fingerprint density at radius 2 is 1.96 bits per heavy atom. The van der Waals surface area contributed by atoms with Crippen molar-refractivity contribution in [2.75, 3.05) is 13.7 Å². The van der Waals surface area contributed by atoms with Gasteiger partial charge in [-0.1, -0.05) is 30.3 Å². The van der Waals surface area contributed by atoms with Crippen LogP contribution in [0.15, 0.2) is 30.3 Å². The van der Waals surface area contributed by atoms with E-state index in [2.05, 4.69) is 0 Å². The summed E-state index contributed by atoms with van der Waals surface area (Å²) in [6.45, 7) is -0.873. The summed E-state index contributed by atoms with van der Waals surface area (Å²) in [6, 6.07) is 8.85. The minimum Gasteiger partial charge on any atom is -0.457 e. The second-order valence-electron chi connectivity index (χ2n) is 6.10. The molecule has 0 radical (unpaired) electrons. The van der Waals surface area contributed by atoms with Crippen molar-refractivity contribution in [3.63, 3.8) is 0 Å². The van der Waals surface area contributed by atoms with Crippen molar-refractivity contribution in [2.24, 2.45) is 0 Å². The summed E-state index contributed by atoms with van der Waals surface area (Å²) < 4.78 is 15.7. The van der Waals surface area contributed by atoms with Gasteiger partial charge >= 0.3 is 5.97 Å². The Morgan fingerprint density at radius 1 is 1.31 bits per heavy atom. The maximum atomic E-state index is 12.5. The molecular formula is C17H24O9. The first kappa shape index (κ1) is 20.7.